The van der Waals surface area contributed by atoms with Crippen molar-refractivity contribution in [3.8, 4) is 5.75 Å². The minimum absolute atomic E-state index is 0.166. The van der Waals surface area contributed by atoms with Gasteiger partial charge >= 0.3 is 0 Å². The van der Waals surface area contributed by atoms with Crippen LogP contribution in [0.25, 0.3) is 0 Å². The fraction of sp³-hybridized carbons (Fsp3) is 0.562. The number of nitro benzene ring substituents is 1. The lowest BCUT2D eigenvalue weighted by Crippen LogP contribution is -2.46. The number of likely N-dealkylation sites (tertiary alicyclic amines) is 1. The van der Waals surface area contributed by atoms with E-state index in [1.807, 2.05) is 7.05 Å². The van der Waals surface area contributed by atoms with Crippen molar-refractivity contribution in [3.63, 3.8) is 0 Å². The molecule has 0 spiro atoms. The number of anilines is 1. The molecule has 1 aromatic carbocycles. The van der Waals surface area contributed by atoms with Gasteiger partial charge in [0.05, 0.1) is 24.1 Å². The van der Waals surface area contributed by atoms with Crippen molar-refractivity contribution in [2.75, 3.05) is 38.6 Å². The first-order valence-corrected chi connectivity index (χ1v) is 8.14. The molecule has 1 fully saturated rings. The van der Waals surface area contributed by atoms with E-state index in [0.717, 1.165) is 25.9 Å². The Hall–Kier alpha value is -2.19. The lowest BCUT2D eigenvalue weighted by atomic mass is 10.1. The number of rotatable bonds is 7. The average Bonchev–Trinajstić information content (AvgIpc) is 2.56. The fourth-order valence-corrected chi connectivity index (χ4v) is 2.85. The zero-order valence-corrected chi connectivity index (χ0v) is 14.1. The van der Waals surface area contributed by atoms with Gasteiger partial charge < -0.3 is 15.4 Å². The van der Waals surface area contributed by atoms with E-state index in [2.05, 4.69) is 15.5 Å². The normalized spacial score (nSPS) is 18.2. The van der Waals surface area contributed by atoms with E-state index in [9.17, 15) is 14.9 Å². The van der Waals surface area contributed by atoms with Crippen LogP contribution < -0.4 is 15.4 Å². The largest absolute Gasteiger partial charge is 0.494 e. The highest BCUT2D eigenvalue weighted by Crippen LogP contribution is 2.29. The minimum Gasteiger partial charge on any atom is -0.494 e. The molecule has 0 aromatic heterocycles. The first kappa shape index (κ1) is 18.2. The Morgan fingerprint density at radius 1 is 1.50 bits per heavy atom. The summed E-state index contributed by atoms with van der Waals surface area (Å²) in [5, 5.41) is 17.1. The van der Waals surface area contributed by atoms with Crippen molar-refractivity contribution in [2.45, 2.75) is 25.8 Å². The molecular weight excluding hydrogens is 312 g/mol. The van der Waals surface area contributed by atoms with Crippen LogP contribution in [0.5, 0.6) is 5.75 Å². The van der Waals surface area contributed by atoms with E-state index in [-0.39, 0.29) is 23.8 Å². The number of ether oxygens (including phenoxy) is 1. The summed E-state index contributed by atoms with van der Waals surface area (Å²) in [5.74, 6) is 0.161. The summed E-state index contributed by atoms with van der Waals surface area (Å²) in [4.78, 5) is 25.0. The summed E-state index contributed by atoms with van der Waals surface area (Å²) in [6.45, 7) is 4.11. The maximum absolute atomic E-state index is 12.2. The SMILES string of the molecule is CCOc1ccc(NC(=O)CN2CCCC(NC)C2)c([N+](=O)[O-])c1. The number of carbonyl (C=O) groups excluding carboxylic acids is 1. The number of amides is 1. The van der Waals surface area contributed by atoms with Gasteiger partial charge in [0.1, 0.15) is 11.4 Å². The van der Waals surface area contributed by atoms with Gasteiger partial charge in [-0.3, -0.25) is 19.8 Å². The van der Waals surface area contributed by atoms with Gasteiger partial charge in [0.25, 0.3) is 5.69 Å². The van der Waals surface area contributed by atoms with Crippen molar-refractivity contribution in [2.24, 2.45) is 0 Å². The van der Waals surface area contributed by atoms with E-state index in [1.165, 1.54) is 12.1 Å². The summed E-state index contributed by atoms with van der Waals surface area (Å²) in [5.41, 5.74) is 0.0247. The van der Waals surface area contributed by atoms with E-state index in [0.29, 0.717) is 18.4 Å². The lowest BCUT2D eigenvalue weighted by molar-refractivity contribution is -0.384. The highest BCUT2D eigenvalue weighted by atomic mass is 16.6. The number of hydrogen-bond acceptors (Lipinski definition) is 6. The van der Waals surface area contributed by atoms with Crippen molar-refractivity contribution in [1.29, 1.82) is 0 Å². The van der Waals surface area contributed by atoms with Gasteiger partial charge in [-0.25, -0.2) is 0 Å². The van der Waals surface area contributed by atoms with E-state index in [1.54, 1.807) is 13.0 Å². The summed E-state index contributed by atoms with van der Waals surface area (Å²) in [6, 6.07) is 4.83. The predicted octanol–water partition coefficient (Wildman–Crippen LogP) is 1.62. The number of likely N-dealkylation sites (N-methyl/N-ethyl adjacent to an activating group) is 1. The zero-order valence-electron chi connectivity index (χ0n) is 14.1. The van der Waals surface area contributed by atoms with E-state index >= 15 is 0 Å². The molecule has 0 aliphatic carbocycles. The third-order valence-electron chi connectivity index (χ3n) is 4.03. The second-order valence-corrected chi connectivity index (χ2v) is 5.78. The molecule has 1 aliphatic rings. The quantitative estimate of drug-likeness (QED) is 0.580. The summed E-state index contributed by atoms with van der Waals surface area (Å²) < 4.78 is 5.27. The van der Waals surface area contributed by atoms with E-state index < -0.39 is 4.92 Å². The molecule has 1 aliphatic heterocycles. The molecule has 1 saturated heterocycles. The smallest absolute Gasteiger partial charge is 0.296 e. The number of benzene rings is 1. The van der Waals surface area contributed by atoms with Crippen LogP contribution in [0, 0.1) is 10.1 Å². The van der Waals surface area contributed by atoms with Gasteiger partial charge in [0, 0.05) is 12.6 Å². The Balaban J connectivity index is 2.01. The Kier molecular flexibility index (Phi) is 6.51. The first-order valence-electron chi connectivity index (χ1n) is 8.14. The summed E-state index contributed by atoms with van der Waals surface area (Å²) in [7, 11) is 1.91. The second kappa shape index (κ2) is 8.60. The van der Waals surface area contributed by atoms with Gasteiger partial charge in [-0.2, -0.15) is 0 Å². The van der Waals surface area contributed by atoms with Crippen LogP contribution in [0.2, 0.25) is 0 Å². The van der Waals surface area contributed by atoms with Gasteiger partial charge in [-0.1, -0.05) is 0 Å². The lowest BCUT2D eigenvalue weighted by Gasteiger charge is -2.31. The van der Waals surface area contributed by atoms with Crippen LogP contribution in [0.4, 0.5) is 11.4 Å². The standard InChI is InChI=1S/C16H24N4O4/c1-3-24-13-6-7-14(15(9-13)20(22)23)18-16(21)11-19-8-4-5-12(10-19)17-2/h6-7,9,12,17H,3-5,8,10-11H2,1-2H3,(H,18,21). The fourth-order valence-electron chi connectivity index (χ4n) is 2.85. The van der Waals surface area contributed by atoms with Gasteiger partial charge in [-0.05, 0) is 45.5 Å². The Labute approximate surface area is 141 Å². The molecule has 8 heteroatoms. The molecule has 1 amide bonds. The summed E-state index contributed by atoms with van der Waals surface area (Å²) in [6.07, 6.45) is 2.13. The molecule has 2 N–H and O–H groups in total. The van der Waals surface area contributed by atoms with Crippen molar-refractivity contribution in [3.05, 3.63) is 28.3 Å². The zero-order chi connectivity index (χ0) is 17.5. The molecule has 0 bridgehead atoms. The summed E-state index contributed by atoms with van der Waals surface area (Å²) >= 11 is 0. The molecule has 1 unspecified atom stereocenters. The maximum atomic E-state index is 12.2. The number of nitrogens with zero attached hydrogens (tertiary/aromatic N) is 2. The Bertz CT molecular complexity index is 593. The van der Waals surface area contributed by atoms with Gasteiger partial charge in [-0.15, -0.1) is 0 Å². The van der Waals surface area contributed by atoms with Crippen LogP contribution in [0.1, 0.15) is 19.8 Å². The minimum atomic E-state index is -0.518. The Morgan fingerprint density at radius 3 is 2.96 bits per heavy atom. The van der Waals surface area contributed by atoms with Crippen molar-refractivity contribution in [1.82, 2.24) is 10.2 Å². The van der Waals surface area contributed by atoms with Crippen LogP contribution in [0.15, 0.2) is 18.2 Å². The van der Waals surface area contributed by atoms with Crippen molar-refractivity contribution < 1.29 is 14.5 Å². The molecule has 8 nitrogen and oxygen atoms in total. The maximum Gasteiger partial charge on any atom is 0.296 e. The molecule has 2 rings (SSSR count). The molecule has 132 valence electrons. The van der Waals surface area contributed by atoms with E-state index in [4.69, 9.17) is 4.74 Å². The van der Waals surface area contributed by atoms with Crippen LogP contribution in [-0.2, 0) is 4.79 Å². The molecule has 0 saturated carbocycles. The third kappa shape index (κ3) is 4.90. The first-order chi connectivity index (χ1) is 11.5. The third-order valence-corrected chi connectivity index (χ3v) is 4.03. The van der Waals surface area contributed by atoms with Crippen LogP contribution in [0.3, 0.4) is 0 Å². The van der Waals surface area contributed by atoms with Gasteiger partial charge in [0.2, 0.25) is 5.91 Å². The molecule has 1 heterocycles. The predicted molar refractivity (Wildman–Crippen MR) is 91.4 cm³/mol. The molecule has 0 radical (unpaired) electrons. The molecular formula is C16H24N4O4. The van der Waals surface area contributed by atoms with Gasteiger partial charge in [0.15, 0.2) is 0 Å². The highest BCUT2D eigenvalue weighted by Gasteiger charge is 2.22. The highest BCUT2D eigenvalue weighted by molar-refractivity contribution is 5.94. The molecule has 1 aromatic rings. The second-order valence-electron chi connectivity index (χ2n) is 5.78. The number of nitrogens with one attached hydrogen (secondary N) is 2. The number of piperidine rings is 1. The Morgan fingerprint density at radius 2 is 2.29 bits per heavy atom. The monoisotopic (exact) mass is 336 g/mol. The van der Waals surface area contributed by atoms with Crippen LogP contribution >= 0.6 is 0 Å². The molecule has 24 heavy (non-hydrogen) atoms. The van der Waals surface area contributed by atoms with Crippen LogP contribution in [-0.4, -0.2) is 55.1 Å². The average molecular weight is 336 g/mol. The number of hydrogen-bond donors (Lipinski definition) is 2. The van der Waals surface area contributed by atoms with Crippen molar-refractivity contribution >= 4 is 17.3 Å². The number of carbonyl (C=O) groups is 1. The number of nitro groups is 1. The topological polar surface area (TPSA) is 96.7 Å². The molecule has 1 atom stereocenters.